The van der Waals surface area contributed by atoms with E-state index in [1.165, 1.54) is 19.1 Å². The van der Waals surface area contributed by atoms with Crippen molar-refractivity contribution in [3.05, 3.63) is 53.6 Å². The molecule has 6 nitrogen and oxygen atoms in total. The summed E-state index contributed by atoms with van der Waals surface area (Å²) in [5, 5.41) is 2.20. The van der Waals surface area contributed by atoms with Gasteiger partial charge in [-0.05, 0) is 50.6 Å². The van der Waals surface area contributed by atoms with Gasteiger partial charge < -0.3 is 19.5 Å². The number of hydrogen-bond donors (Lipinski definition) is 1. The van der Waals surface area contributed by atoms with Crippen molar-refractivity contribution in [2.75, 3.05) is 18.5 Å². The lowest BCUT2D eigenvalue weighted by molar-refractivity contribution is -0.123. The number of carbonyl (C=O) groups is 2. The van der Waals surface area contributed by atoms with Crippen molar-refractivity contribution in [1.82, 2.24) is 0 Å². The molecule has 0 bridgehead atoms. The van der Waals surface area contributed by atoms with Gasteiger partial charge in [-0.25, -0.2) is 13.6 Å². The Morgan fingerprint density at radius 3 is 2.48 bits per heavy atom. The second-order valence-electron chi connectivity index (χ2n) is 6.10. The minimum atomic E-state index is -1.24. The predicted molar refractivity (Wildman–Crippen MR) is 103 cm³/mol. The molecule has 0 aliphatic carbocycles. The third-order valence-corrected chi connectivity index (χ3v) is 3.78. The lowest BCUT2D eigenvalue weighted by Crippen LogP contribution is -2.30. The molecule has 2 aromatic rings. The number of nitrogens with one attached hydrogen (secondary N) is 1. The average Bonchev–Trinajstić information content (AvgIpc) is 2.69. The zero-order valence-electron chi connectivity index (χ0n) is 16.5. The van der Waals surface area contributed by atoms with Gasteiger partial charge in [0.25, 0.3) is 5.91 Å². The first-order valence-electron chi connectivity index (χ1n) is 9.22. The lowest BCUT2D eigenvalue weighted by Gasteiger charge is -2.15. The largest absolute Gasteiger partial charge is 0.490 e. The third-order valence-electron chi connectivity index (χ3n) is 3.78. The summed E-state index contributed by atoms with van der Waals surface area (Å²) in [6, 6.07) is 7.20. The van der Waals surface area contributed by atoms with Crippen LogP contribution in [-0.4, -0.2) is 31.2 Å². The van der Waals surface area contributed by atoms with Crippen LogP contribution in [0.25, 0.3) is 0 Å². The fourth-order valence-electron chi connectivity index (χ4n) is 2.34. The molecule has 0 saturated heterocycles. The third kappa shape index (κ3) is 6.17. The Hall–Kier alpha value is -3.16. The Bertz CT molecular complexity index is 872. The summed E-state index contributed by atoms with van der Waals surface area (Å²) >= 11 is 0. The second kappa shape index (κ2) is 10.4. The maximum atomic E-state index is 13.6. The topological polar surface area (TPSA) is 73.9 Å². The highest BCUT2D eigenvalue weighted by Crippen LogP contribution is 2.29. The fourth-order valence-corrected chi connectivity index (χ4v) is 2.34. The van der Waals surface area contributed by atoms with Gasteiger partial charge >= 0.3 is 5.97 Å². The highest BCUT2D eigenvalue weighted by molar-refractivity contribution is 5.97. The molecule has 0 heterocycles. The number of rotatable bonds is 9. The van der Waals surface area contributed by atoms with Gasteiger partial charge in [0.2, 0.25) is 0 Å². The number of esters is 1. The summed E-state index contributed by atoms with van der Waals surface area (Å²) < 4.78 is 43.1. The predicted octanol–water partition coefficient (Wildman–Crippen LogP) is 4.34. The zero-order valence-corrected chi connectivity index (χ0v) is 16.5. The van der Waals surface area contributed by atoms with Gasteiger partial charge in [0.15, 0.2) is 17.6 Å². The molecule has 0 aliphatic rings. The van der Waals surface area contributed by atoms with E-state index >= 15 is 0 Å². The van der Waals surface area contributed by atoms with E-state index in [4.69, 9.17) is 14.2 Å². The van der Waals surface area contributed by atoms with Crippen LogP contribution >= 0.6 is 0 Å². The van der Waals surface area contributed by atoms with Crippen LogP contribution in [0.1, 0.15) is 37.6 Å². The lowest BCUT2D eigenvalue weighted by atomic mass is 10.2. The van der Waals surface area contributed by atoms with Crippen LogP contribution in [0.15, 0.2) is 36.4 Å². The van der Waals surface area contributed by atoms with Gasteiger partial charge in [-0.1, -0.05) is 6.92 Å². The summed E-state index contributed by atoms with van der Waals surface area (Å²) in [5.41, 5.74) is -0.178. The summed E-state index contributed by atoms with van der Waals surface area (Å²) in [4.78, 5) is 24.5. The van der Waals surface area contributed by atoms with E-state index < -0.39 is 29.6 Å². The summed E-state index contributed by atoms with van der Waals surface area (Å²) in [6.45, 7) is 5.96. The molecule has 156 valence electrons. The first kappa shape index (κ1) is 22.1. The number of anilines is 1. The van der Waals surface area contributed by atoms with Gasteiger partial charge in [-0.3, -0.25) is 4.79 Å². The van der Waals surface area contributed by atoms with Crippen molar-refractivity contribution in [3.63, 3.8) is 0 Å². The SMILES string of the molecule is CCCOc1ccc(C(=O)O[C@@H](C)C(=O)Nc2cc(F)ccc2F)cc1OCC. The van der Waals surface area contributed by atoms with Crippen LogP contribution in [0.3, 0.4) is 0 Å². The van der Waals surface area contributed by atoms with Gasteiger partial charge in [-0.15, -0.1) is 0 Å². The first-order chi connectivity index (χ1) is 13.8. The van der Waals surface area contributed by atoms with Crippen LogP contribution in [0.5, 0.6) is 11.5 Å². The molecule has 2 rings (SSSR count). The smallest absolute Gasteiger partial charge is 0.339 e. The van der Waals surface area contributed by atoms with Gasteiger partial charge in [-0.2, -0.15) is 0 Å². The zero-order chi connectivity index (χ0) is 21.4. The molecule has 0 unspecified atom stereocenters. The van der Waals surface area contributed by atoms with E-state index in [1.807, 2.05) is 6.92 Å². The molecule has 8 heteroatoms. The van der Waals surface area contributed by atoms with Crippen molar-refractivity contribution in [2.45, 2.75) is 33.3 Å². The molecule has 0 fully saturated rings. The Morgan fingerprint density at radius 1 is 1.03 bits per heavy atom. The van der Waals surface area contributed by atoms with Crippen molar-refractivity contribution in [2.24, 2.45) is 0 Å². The Morgan fingerprint density at radius 2 is 1.79 bits per heavy atom. The molecule has 1 amide bonds. The van der Waals surface area contributed by atoms with Gasteiger partial charge in [0.05, 0.1) is 24.5 Å². The molecule has 0 radical (unpaired) electrons. The number of benzene rings is 2. The molecule has 29 heavy (non-hydrogen) atoms. The van der Waals surface area contributed by atoms with Crippen molar-refractivity contribution < 1.29 is 32.6 Å². The molecule has 0 saturated carbocycles. The molecule has 2 aromatic carbocycles. The van der Waals surface area contributed by atoms with Crippen molar-refractivity contribution in [3.8, 4) is 11.5 Å². The molecule has 0 aliphatic heterocycles. The molecular weight excluding hydrogens is 384 g/mol. The van der Waals surface area contributed by atoms with Gasteiger partial charge in [0.1, 0.15) is 11.6 Å². The fraction of sp³-hybridized carbons (Fsp3) is 0.333. The number of amides is 1. The highest BCUT2D eigenvalue weighted by atomic mass is 19.1. The van der Waals surface area contributed by atoms with E-state index in [9.17, 15) is 18.4 Å². The maximum Gasteiger partial charge on any atom is 0.339 e. The minimum absolute atomic E-state index is 0.161. The number of hydrogen-bond acceptors (Lipinski definition) is 5. The normalized spacial score (nSPS) is 11.5. The number of carbonyl (C=O) groups excluding carboxylic acids is 2. The molecule has 0 aromatic heterocycles. The quantitative estimate of drug-likeness (QED) is 0.626. The van der Waals surface area contributed by atoms with Crippen LogP contribution < -0.4 is 14.8 Å². The van der Waals surface area contributed by atoms with Crippen molar-refractivity contribution in [1.29, 1.82) is 0 Å². The molecule has 0 spiro atoms. The van der Waals surface area contributed by atoms with E-state index in [2.05, 4.69) is 5.32 Å². The van der Waals surface area contributed by atoms with Crippen LogP contribution in [0, 0.1) is 11.6 Å². The van der Waals surface area contributed by atoms with Crippen LogP contribution in [0.4, 0.5) is 14.5 Å². The summed E-state index contributed by atoms with van der Waals surface area (Å²) in [5.74, 6) is -2.19. The Labute approximate surface area is 167 Å². The van der Waals surface area contributed by atoms with Crippen molar-refractivity contribution >= 4 is 17.6 Å². The van der Waals surface area contributed by atoms with E-state index in [1.54, 1.807) is 13.0 Å². The molecule has 1 atom stereocenters. The summed E-state index contributed by atoms with van der Waals surface area (Å²) in [6.07, 6.45) is -0.426. The Balaban J connectivity index is 2.07. The standard InChI is InChI=1S/C21H23F2NO5/c1-4-10-28-18-9-6-14(11-19(18)27-5-2)21(26)29-13(3)20(25)24-17-12-15(22)7-8-16(17)23/h6-9,11-13H,4-5,10H2,1-3H3,(H,24,25)/t13-/m0/s1. The van der Waals surface area contributed by atoms with E-state index in [0.717, 1.165) is 24.6 Å². The molecule has 1 N–H and O–H groups in total. The highest BCUT2D eigenvalue weighted by Gasteiger charge is 2.21. The minimum Gasteiger partial charge on any atom is -0.490 e. The Kier molecular flexibility index (Phi) is 7.94. The second-order valence-corrected chi connectivity index (χ2v) is 6.10. The van der Waals surface area contributed by atoms with Crippen LogP contribution in [0.2, 0.25) is 0 Å². The first-order valence-corrected chi connectivity index (χ1v) is 9.22. The average molecular weight is 407 g/mol. The van der Waals surface area contributed by atoms with Gasteiger partial charge in [0, 0.05) is 6.07 Å². The summed E-state index contributed by atoms with van der Waals surface area (Å²) in [7, 11) is 0. The maximum absolute atomic E-state index is 13.6. The van der Waals surface area contributed by atoms with E-state index in [0.29, 0.717) is 24.7 Å². The number of halogens is 2. The number of ether oxygens (including phenoxy) is 3. The molecular formula is C21H23F2NO5. The van der Waals surface area contributed by atoms with Crippen LogP contribution in [-0.2, 0) is 9.53 Å². The van der Waals surface area contributed by atoms with E-state index in [-0.39, 0.29) is 11.3 Å². The monoisotopic (exact) mass is 407 g/mol.